The number of nitrogens with zero attached hydrogens (tertiary/aromatic N) is 2. The number of rotatable bonds is 4. The van der Waals surface area contributed by atoms with E-state index in [2.05, 4.69) is 0 Å². The van der Waals surface area contributed by atoms with Gasteiger partial charge in [0.05, 0.1) is 7.11 Å². The molecule has 5 nitrogen and oxygen atoms in total. The van der Waals surface area contributed by atoms with Gasteiger partial charge in [-0.25, -0.2) is 0 Å². The Morgan fingerprint density at radius 3 is 2.48 bits per heavy atom. The van der Waals surface area contributed by atoms with Crippen LogP contribution in [0.5, 0.6) is 5.75 Å². The number of carbonyl (C=O) groups excluding carboxylic acids is 2. The molecule has 0 radical (unpaired) electrons. The summed E-state index contributed by atoms with van der Waals surface area (Å²) in [6.45, 7) is 6.60. The Hall–Kier alpha value is -2.04. The molecule has 0 bridgehead atoms. The van der Waals surface area contributed by atoms with Crippen LogP contribution < -0.4 is 4.74 Å². The summed E-state index contributed by atoms with van der Waals surface area (Å²) in [5, 5.41) is 0. The third kappa shape index (κ3) is 4.24. The van der Waals surface area contributed by atoms with Gasteiger partial charge in [0.1, 0.15) is 5.75 Å². The Morgan fingerprint density at radius 1 is 1.13 bits per heavy atom. The Bertz CT molecular complexity index is 571. The molecule has 0 atom stereocenters. The molecule has 1 aromatic rings. The van der Waals surface area contributed by atoms with Crippen molar-refractivity contribution in [2.75, 3.05) is 33.3 Å². The van der Waals surface area contributed by atoms with Crippen molar-refractivity contribution < 1.29 is 14.3 Å². The number of carbonyl (C=O) groups is 2. The molecule has 5 heteroatoms. The number of aryl methyl sites for hydroxylation is 1. The van der Waals surface area contributed by atoms with Crippen molar-refractivity contribution in [2.24, 2.45) is 0 Å². The maximum Gasteiger partial charge on any atom is 0.253 e. The summed E-state index contributed by atoms with van der Waals surface area (Å²) < 4.78 is 5.24. The molecule has 0 unspecified atom stereocenters. The molecule has 1 fully saturated rings. The van der Waals surface area contributed by atoms with E-state index >= 15 is 0 Å². The molecule has 1 aliphatic heterocycles. The maximum absolute atomic E-state index is 12.7. The zero-order chi connectivity index (χ0) is 16.8. The molecular formula is C18H26N2O3. The van der Waals surface area contributed by atoms with Crippen molar-refractivity contribution in [3.63, 3.8) is 0 Å². The largest absolute Gasteiger partial charge is 0.496 e. The predicted octanol–water partition coefficient (Wildman–Crippen LogP) is 2.48. The molecule has 1 saturated heterocycles. The number of hydrogen-bond acceptors (Lipinski definition) is 3. The highest BCUT2D eigenvalue weighted by Crippen LogP contribution is 2.20. The summed E-state index contributed by atoms with van der Waals surface area (Å²) in [5.74, 6) is 1.01. The number of amides is 2. The van der Waals surface area contributed by atoms with Crippen molar-refractivity contribution in [1.29, 1.82) is 0 Å². The monoisotopic (exact) mass is 318 g/mol. The summed E-state index contributed by atoms with van der Waals surface area (Å²) in [5.41, 5.74) is 1.63. The summed E-state index contributed by atoms with van der Waals surface area (Å²) in [6, 6.07) is 5.50. The normalized spacial score (nSPS) is 15.3. The number of hydrogen-bond donors (Lipinski definition) is 0. The summed E-state index contributed by atoms with van der Waals surface area (Å²) >= 11 is 0. The molecule has 2 amide bonds. The second-order valence-corrected chi connectivity index (χ2v) is 5.96. The van der Waals surface area contributed by atoms with Crippen LogP contribution in [0.3, 0.4) is 0 Å². The van der Waals surface area contributed by atoms with Gasteiger partial charge in [-0.05, 0) is 43.5 Å². The molecule has 0 N–H and O–H groups in total. The summed E-state index contributed by atoms with van der Waals surface area (Å²) in [4.78, 5) is 28.4. The molecule has 2 rings (SSSR count). The first-order valence-electron chi connectivity index (χ1n) is 8.28. The van der Waals surface area contributed by atoms with E-state index in [0.29, 0.717) is 31.6 Å². The van der Waals surface area contributed by atoms with Crippen molar-refractivity contribution in [2.45, 2.75) is 33.1 Å². The van der Waals surface area contributed by atoms with Crippen LogP contribution in [0.4, 0.5) is 0 Å². The van der Waals surface area contributed by atoms with E-state index in [4.69, 9.17) is 4.74 Å². The lowest BCUT2D eigenvalue weighted by molar-refractivity contribution is -0.131. The molecule has 1 aromatic carbocycles. The van der Waals surface area contributed by atoms with Gasteiger partial charge in [0.15, 0.2) is 0 Å². The number of benzene rings is 1. The van der Waals surface area contributed by atoms with Crippen molar-refractivity contribution in [3.05, 3.63) is 29.3 Å². The van der Waals surface area contributed by atoms with Crippen molar-refractivity contribution in [1.82, 2.24) is 9.80 Å². The van der Waals surface area contributed by atoms with E-state index in [9.17, 15) is 9.59 Å². The molecule has 1 heterocycles. The quantitative estimate of drug-likeness (QED) is 0.857. The smallest absolute Gasteiger partial charge is 0.253 e. The minimum Gasteiger partial charge on any atom is -0.496 e. The predicted molar refractivity (Wildman–Crippen MR) is 89.7 cm³/mol. The van der Waals surface area contributed by atoms with Crippen molar-refractivity contribution in [3.8, 4) is 5.75 Å². The van der Waals surface area contributed by atoms with Gasteiger partial charge in [0, 0.05) is 38.2 Å². The maximum atomic E-state index is 12.7. The summed E-state index contributed by atoms with van der Waals surface area (Å²) in [7, 11) is 1.63. The SMILES string of the molecule is CCCC(=O)N1CCCN(C(=O)c2ccc(OC)c(C)c2)CC1. The lowest BCUT2D eigenvalue weighted by Crippen LogP contribution is -2.37. The lowest BCUT2D eigenvalue weighted by atomic mass is 10.1. The van der Waals surface area contributed by atoms with Gasteiger partial charge in [-0.15, -0.1) is 0 Å². The average molecular weight is 318 g/mol. The first-order chi connectivity index (χ1) is 11.1. The lowest BCUT2D eigenvalue weighted by Gasteiger charge is -2.22. The molecule has 1 aliphatic rings. The molecule has 0 spiro atoms. The molecule has 0 saturated carbocycles. The molecule has 0 aromatic heterocycles. The van der Waals surface area contributed by atoms with E-state index < -0.39 is 0 Å². The Morgan fingerprint density at radius 2 is 1.83 bits per heavy atom. The molecule has 126 valence electrons. The minimum atomic E-state index is 0.0283. The van der Waals surface area contributed by atoms with E-state index in [1.807, 2.05) is 35.8 Å². The van der Waals surface area contributed by atoms with Gasteiger partial charge in [0.25, 0.3) is 5.91 Å². The Kier molecular flexibility index (Phi) is 6.02. The van der Waals surface area contributed by atoms with Gasteiger partial charge >= 0.3 is 0 Å². The van der Waals surface area contributed by atoms with Crippen LogP contribution in [0.1, 0.15) is 42.1 Å². The van der Waals surface area contributed by atoms with E-state index in [-0.39, 0.29) is 11.8 Å². The number of methoxy groups -OCH3 is 1. The molecule has 23 heavy (non-hydrogen) atoms. The Labute approximate surface area is 138 Å². The zero-order valence-electron chi connectivity index (χ0n) is 14.3. The topological polar surface area (TPSA) is 49.9 Å². The highest BCUT2D eigenvalue weighted by molar-refractivity contribution is 5.94. The molecular weight excluding hydrogens is 292 g/mol. The van der Waals surface area contributed by atoms with Gasteiger partial charge in [-0.2, -0.15) is 0 Å². The number of ether oxygens (including phenoxy) is 1. The van der Waals surface area contributed by atoms with Crippen LogP contribution in [0.25, 0.3) is 0 Å². The van der Waals surface area contributed by atoms with Crippen LogP contribution in [-0.4, -0.2) is 54.9 Å². The first-order valence-corrected chi connectivity index (χ1v) is 8.28. The third-order valence-electron chi connectivity index (χ3n) is 4.24. The first kappa shape index (κ1) is 17.3. The fraction of sp³-hybridized carbons (Fsp3) is 0.556. The van der Waals surface area contributed by atoms with E-state index in [0.717, 1.165) is 30.7 Å². The highest BCUT2D eigenvalue weighted by Gasteiger charge is 2.22. The third-order valence-corrected chi connectivity index (χ3v) is 4.24. The van der Waals surface area contributed by atoms with Crippen LogP contribution in [0, 0.1) is 6.92 Å². The Balaban J connectivity index is 2.03. The zero-order valence-corrected chi connectivity index (χ0v) is 14.3. The highest BCUT2D eigenvalue weighted by atomic mass is 16.5. The van der Waals surface area contributed by atoms with Crippen molar-refractivity contribution >= 4 is 11.8 Å². The second-order valence-electron chi connectivity index (χ2n) is 5.96. The van der Waals surface area contributed by atoms with Crippen LogP contribution in [0.2, 0.25) is 0 Å². The van der Waals surface area contributed by atoms with Gasteiger partial charge in [0.2, 0.25) is 5.91 Å². The minimum absolute atomic E-state index is 0.0283. The summed E-state index contributed by atoms with van der Waals surface area (Å²) in [6.07, 6.45) is 2.28. The van der Waals surface area contributed by atoms with Crippen LogP contribution >= 0.6 is 0 Å². The van der Waals surface area contributed by atoms with Gasteiger partial charge in [-0.3, -0.25) is 9.59 Å². The molecule has 0 aliphatic carbocycles. The average Bonchev–Trinajstić information content (AvgIpc) is 2.80. The van der Waals surface area contributed by atoms with Crippen LogP contribution in [0.15, 0.2) is 18.2 Å². The fourth-order valence-electron chi connectivity index (χ4n) is 2.94. The standard InChI is InChI=1S/C18H26N2O3/c1-4-6-17(21)19-9-5-10-20(12-11-19)18(22)15-7-8-16(23-3)14(2)13-15/h7-8,13H,4-6,9-12H2,1-3H3. The van der Waals surface area contributed by atoms with E-state index in [1.54, 1.807) is 13.2 Å². The van der Waals surface area contributed by atoms with Gasteiger partial charge in [-0.1, -0.05) is 6.92 Å². The second kappa shape index (κ2) is 7.99. The van der Waals surface area contributed by atoms with E-state index in [1.165, 1.54) is 0 Å². The van der Waals surface area contributed by atoms with Gasteiger partial charge < -0.3 is 14.5 Å². The fourth-order valence-corrected chi connectivity index (χ4v) is 2.94. The van der Waals surface area contributed by atoms with Crippen LogP contribution in [-0.2, 0) is 4.79 Å².